The maximum atomic E-state index is 13.8. The molecule has 25 heavy (non-hydrogen) atoms. The predicted molar refractivity (Wildman–Crippen MR) is 81.2 cm³/mol. The highest BCUT2D eigenvalue weighted by molar-refractivity contribution is 9.10. The molecule has 0 bridgehead atoms. The van der Waals surface area contributed by atoms with Crippen LogP contribution in [0.25, 0.3) is 0 Å². The summed E-state index contributed by atoms with van der Waals surface area (Å²) in [5.74, 6) is -1.17. The smallest absolute Gasteiger partial charge is 0.411 e. The molecular weight excluding hydrogens is 420 g/mol. The fourth-order valence-electron chi connectivity index (χ4n) is 2.51. The molecule has 2 rings (SSSR count). The number of nitrogen functional groups attached to an aromatic ring is 1. The number of aromatic hydroxyl groups is 2. The van der Waals surface area contributed by atoms with Gasteiger partial charge in [0.05, 0.1) is 10.2 Å². The normalized spacial score (nSPS) is 13.1. The van der Waals surface area contributed by atoms with E-state index in [1.54, 1.807) is 0 Å². The van der Waals surface area contributed by atoms with Gasteiger partial charge in [-0.15, -0.1) is 0 Å². The largest absolute Gasteiger partial charge is 0.507 e. The van der Waals surface area contributed by atoms with Crippen molar-refractivity contribution in [1.82, 2.24) is 0 Å². The molecule has 0 spiro atoms. The van der Waals surface area contributed by atoms with Crippen LogP contribution in [0.5, 0.6) is 11.5 Å². The third-order valence-electron chi connectivity index (χ3n) is 3.69. The second kappa shape index (κ2) is 6.01. The first kappa shape index (κ1) is 19.2. The molecule has 0 saturated carbocycles. The van der Waals surface area contributed by atoms with Crippen LogP contribution in [0, 0.1) is 0 Å². The number of benzene rings is 2. The summed E-state index contributed by atoms with van der Waals surface area (Å²) in [6.45, 7) is 0. The van der Waals surface area contributed by atoms with Crippen LogP contribution in [0.15, 0.2) is 40.9 Å². The summed E-state index contributed by atoms with van der Waals surface area (Å²) in [4.78, 5) is 0. The van der Waals surface area contributed by atoms with E-state index in [-0.39, 0.29) is 4.47 Å². The topological polar surface area (TPSA) is 66.5 Å². The van der Waals surface area contributed by atoms with Gasteiger partial charge in [-0.1, -0.05) is 12.1 Å². The van der Waals surface area contributed by atoms with Gasteiger partial charge in [0.2, 0.25) is 5.41 Å². The van der Waals surface area contributed by atoms with Gasteiger partial charge in [-0.05, 0) is 51.3 Å². The Labute approximate surface area is 145 Å². The van der Waals surface area contributed by atoms with E-state index in [0.717, 1.165) is 6.07 Å². The quantitative estimate of drug-likeness (QED) is 0.363. The fraction of sp³-hybridized carbons (Fsp3) is 0.200. The molecular formula is C15H10BrF6NO2. The molecule has 0 aliphatic heterocycles. The zero-order chi connectivity index (χ0) is 19.2. The summed E-state index contributed by atoms with van der Waals surface area (Å²) in [5.41, 5.74) is -2.11. The number of phenols is 2. The molecule has 3 nitrogen and oxygen atoms in total. The Kier molecular flexibility index (Phi) is 4.62. The van der Waals surface area contributed by atoms with Gasteiger partial charge in [0.25, 0.3) is 0 Å². The second-order valence-corrected chi connectivity index (χ2v) is 6.04. The molecule has 0 atom stereocenters. The monoisotopic (exact) mass is 429 g/mol. The number of halogens is 7. The first-order valence-electron chi connectivity index (χ1n) is 6.53. The van der Waals surface area contributed by atoms with E-state index >= 15 is 0 Å². The lowest BCUT2D eigenvalue weighted by Crippen LogP contribution is -2.54. The van der Waals surface area contributed by atoms with Crippen molar-refractivity contribution < 1.29 is 36.6 Å². The van der Waals surface area contributed by atoms with Gasteiger partial charge in [0.15, 0.2) is 0 Å². The van der Waals surface area contributed by atoms with Crippen LogP contribution in [0.1, 0.15) is 11.1 Å². The van der Waals surface area contributed by atoms with E-state index in [4.69, 9.17) is 5.73 Å². The lowest BCUT2D eigenvalue weighted by Gasteiger charge is -2.38. The SMILES string of the molecule is Nc1cc(C(c2ccc(O)c(Br)c2)(C(F)(F)F)C(F)(F)F)ccc1O. The first-order chi connectivity index (χ1) is 11.3. The Morgan fingerprint density at radius 3 is 1.60 bits per heavy atom. The van der Waals surface area contributed by atoms with E-state index in [1.807, 2.05) is 0 Å². The van der Waals surface area contributed by atoms with Gasteiger partial charge in [0.1, 0.15) is 11.5 Å². The van der Waals surface area contributed by atoms with E-state index in [9.17, 15) is 36.6 Å². The van der Waals surface area contributed by atoms with Crippen molar-refractivity contribution in [2.75, 3.05) is 5.73 Å². The molecule has 4 N–H and O–H groups in total. The Bertz CT molecular complexity index is 736. The van der Waals surface area contributed by atoms with E-state index in [1.165, 1.54) is 0 Å². The average molecular weight is 430 g/mol. The Hall–Kier alpha value is -2.10. The first-order valence-corrected chi connectivity index (χ1v) is 7.33. The minimum atomic E-state index is -5.79. The molecule has 136 valence electrons. The van der Waals surface area contributed by atoms with Crippen molar-refractivity contribution in [3.8, 4) is 11.5 Å². The van der Waals surface area contributed by atoms with Crippen molar-refractivity contribution in [2.24, 2.45) is 0 Å². The second-order valence-electron chi connectivity index (χ2n) is 5.19. The van der Waals surface area contributed by atoms with Crippen LogP contribution in [0.4, 0.5) is 32.0 Å². The Balaban J connectivity index is 2.96. The molecule has 10 heteroatoms. The van der Waals surface area contributed by atoms with Crippen LogP contribution >= 0.6 is 15.9 Å². The molecule has 0 aromatic heterocycles. The van der Waals surface area contributed by atoms with E-state index < -0.39 is 46.1 Å². The van der Waals surface area contributed by atoms with Gasteiger partial charge in [-0.2, -0.15) is 26.3 Å². The molecule has 0 saturated heterocycles. The van der Waals surface area contributed by atoms with Crippen molar-refractivity contribution in [3.63, 3.8) is 0 Å². The number of hydrogen-bond acceptors (Lipinski definition) is 3. The molecule has 0 unspecified atom stereocenters. The summed E-state index contributed by atoms with van der Waals surface area (Å²) in [5, 5.41) is 18.7. The van der Waals surface area contributed by atoms with Crippen molar-refractivity contribution in [2.45, 2.75) is 17.8 Å². The van der Waals surface area contributed by atoms with E-state index in [0.29, 0.717) is 30.3 Å². The van der Waals surface area contributed by atoms with Crippen LogP contribution in [0.2, 0.25) is 0 Å². The van der Waals surface area contributed by atoms with Gasteiger partial charge in [0, 0.05) is 0 Å². The van der Waals surface area contributed by atoms with Crippen molar-refractivity contribution in [3.05, 3.63) is 52.0 Å². The standard InChI is InChI=1S/C15H10BrF6NO2/c16-9-5-7(1-3-11(9)24)13(14(17,18)19,15(20,21)22)8-2-4-12(25)10(23)6-8/h1-6,24-25H,23H2. The summed E-state index contributed by atoms with van der Waals surface area (Å²) < 4.78 is 82.5. The minimum absolute atomic E-state index is 0.338. The number of phenolic OH excluding ortho intramolecular Hbond substituents is 2. The molecule has 2 aromatic carbocycles. The summed E-state index contributed by atoms with van der Waals surface area (Å²) in [6.07, 6.45) is -11.6. The highest BCUT2D eigenvalue weighted by Gasteiger charge is 2.72. The zero-order valence-corrected chi connectivity index (χ0v) is 13.7. The third kappa shape index (κ3) is 2.99. The van der Waals surface area contributed by atoms with Gasteiger partial charge < -0.3 is 15.9 Å². The van der Waals surface area contributed by atoms with Crippen LogP contribution in [0.3, 0.4) is 0 Å². The van der Waals surface area contributed by atoms with E-state index in [2.05, 4.69) is 15.9 Å². The molecule has 0 aliphatic carbocycles. The van der Waals surface area contributed by atoms with Crippen molar-refractivity contribution in [1.29, 1.82) is 0 Å². The van der Waals surface area contributed by atoms with Gasteiger partial charge in [-0.25, -0.2) is 0 Å². The maximum Gasteiger partial charge on any atom is 0.411 e. The highest BCUT2D eigenvalue weighted by Crippen LogP contribution is 2.57. The zero-order valence-electron chi connectivity index (χ0n) is 12.1. The van der Waals surface area contributed by atoms with Crippen LogP contribution in [-0.4, -0.2) is 22.6 Å². The summed E-state index contributed by atoms with van der Waals surface area (Å²) in [7, 11) is 0. The third-order valence-corrected chi connectivity index (χ3v) is 4.33. The number of anilines is 1. The molecule has 0 radical (unpaired) electrons. The number of alkyl halides is 6. The summed E-state index contributed by atoms with van der Waals surface area (Å²) in [6, 6.07) is 3.38. The number of rotatable bonds is 2. The molecule has 0 aliphatic rings. The van der Waals surface area contributed by atoms with Crippen molar-refractivity contribution >= 4 is 21.6 Å². The average Bonchev–Trinajstić information content (AvgIpc) is 2.44. The van der Waals surface area contributed by atoms with Crippen LogP contribution in [-0.2, 0) is 5.41 Å². The minimum Gasteiger partial charge on any atom is -0.507 e. The number of hydrogen-bond donors (Lipinski definition) is 3. The van der Waals surface area contributed by atoms with Crippen LogP contribution < -0.4 is 5.73 Å². The molecule has 0 heterocycles. The Morgan fingerprint density at radius 1 is 0.760 bits per heavy atom. The number of nitrogens with two attached hydrogens (primary N) is 1. The maximum absolute atomic E-state index is 13.8. The van der Waals surface area contributed by atoms with Gasteiger partial charge in [-0.3, -0.25) is 0 Å². The molecule has 0 amide bonds. The highest BCUT2D eigenvalue weighted by atomic mass is 79.9. The Morgan fingerprint density at radius 2 is 1.20 bits per heavy atom. The molecule has 2 aromatic rings. The summed E-state index contributed by atoms with van der Waals surface area (Å²) >= 11 is 2.72. The predicted octanol–water partition coefficient (Wildman–Crippen LogP) is 4.85. The lowest BCUT2D eigenvalue weighted by molar-refractivity contribution is -0.288. The fourth-order valence-corrected chi connectivity index (χ4v) is 2.89. The lowest BCUT2D eigenvalue weighted by atomic mass is 9.72. The van der Waals surface area contributed by atoms with Gasteiger partial charge >= 0.3 is 12.4 Å². The molecule has 0 fully saturated rings.